The van der Waals surface area contributed by atoms with Gasteiger partial charge in [-0.2, -0.15) is 0 Å². The highest BCUT2D eigenvalue weighted by Gasteiger charge is 2.34. The molecule has 1 heterocycles. The maximum Gasteiger partial charge on any atom is 0.308 e. The van der Waals surface area contributed by atoms with E-state index in [0.717, 1.165) is 6.42 Å². The normalized spacial score (nSPS) is 22.7. The lowest BCUT2D eigenvalue weighted by atomic mass is 10.0. The molecule has 1 saturated carbocycles. The molecule has 2 N–H and O–H groups in total. The third-order valence-corrected chi connectivity index (χ3v) is 3.54. The van der Waals surface area contributed by atoms with Gasteiger partial charge >= 0.3 is 5.97 Å². The Morgan fingerprint density at radius 1 is 1.39 bits per heavy atom. The fourth-order valence-electron chi connectivity index (χ4n) is 2.21. The predicted octanol–water partition coefficient (Wildman–Crippen LogP) is 1.83. The van der Waals surface area contributed by atoms with E-state index in [1.54, 1.807) is 18.2 Å². The van der Waals surface area contributed by atoms with Gasteiger partial charge in [-0.1, -0.05) is 12.5 Å². The fourth-order valence-corrected chi connectivity index (χ4v) is 2.55. The van der Waals surface area contributed by atoms with Gasteiger partial charge in [-0.15, -0.1) is 0 Å². The molecular formula is C12H13BrN2O3. The third-order valence-electron chi connectivity index (χ3n) is 3.10. The molecule has 0 bridgehead atoms. The number of carbonyl (C=O) groups is 2. The van der Waals surface area contributed by atoms with Crippen molar-refractivity contribution in [2.45, 2.75) is 25.3 Å². The Bertz CT molecular complexity index is 478. The molecule has 1 aliphatic rings. The molecule has 2 atom stereocenters. The van der Waals surface area contributed by atoms with Crippen LogP contribution in [0.2, 0.25) is 0 Å². The molecule has 1 aliphatic carbocycles. The van der Waals surface area contributed by atoms with Crippen LogP contribution < -0.4 is 5.32 Å². The van der Waals surface area contributed by atoms with Crippen molar-refractivity contribution in [3.8, 4) is 0 Å². The highest BCUT2D eigenvalue weighted by molar-refractivity contribution is 9.10. The van der Waals surface area contributed by atoms with Crippen molar-refractivity contribution in [3.63, 3.8) is 0 Å². The first-order valence-electron chi connectivity index (χ1n) is 5.74. The Balaban J connectivity index is 2.05. The van der Waals surface area contributed by atoms with Gasteiger partial charge in [0.05, 0.1) is 5.92 Å². The molecule has 5 nitrogen and oxygen atoms in total. The van der Waals surface area contributed by atoms with Gasteiger partial charge in [-0.25, -0.2) is 4.98 Å². The summed E-state index contributed by atoms with van der Waals surface area (Å²) >= 11 is 3.19. The summed E-state index contributed by atoms with van der Waals surface area (Å²) in [7, 11) is 0. The molecule has 0 spiro atoms. The van der Waals surface area contributed by atoms with E-state index in [2.05, 4.69) is 26.2 Å². The molecule has 0 aromatic carbocycles. The van der Waals surface area contributed by atoms with E-state index in [0.29, 0.717) is 23.1 Å². The van der Waals surface area contributed by atoms with Crippen molar-refractivity contribution >= 4 is 27.8 Å². The third kappa shape index (κ3) is 2.87. The Morgan fingerprint density at radius 3 is 2.83 bits per heavy atom. The van der Waals surface area contributed by atoms with Crippen molar-refractivity contribution in [3.05, 3.63) is 28.5 Å². The van der Waals surface area contributed by atoms with Gasteiger partial charge in [0.25, 0.3) is 5.91 Å². The van der Waals surface area contributed by atoms with Crippen molar-refractivity contribution in [2.24, 2.45) is 5.92 Å². The fraction of sp³-hybridized carbons (Fsp3) is 0.417. The minimum absolute atomic E-state index is 0.292. The molecule has 1 aromatic rings. The van der Waals surface area contributed by atoms with Crippen LogP contribution in [0.5, 0.6) is 0 Å². The van der Waals surface area contributed by atoms with Crippen LogP contribution in [0.25, 0.3) is 0 Å². The Hall–Kier alpha value is -1.43. The van der Waals surface area contributed by atoms with E-state index in [1.165, 1.54) is 0 Å². The summed E-state index contributed by atoms with van der Waals surface area (Å²) in [5, 5.41) is 11.8. The first-order chi connectivity index (χ1) is 8.58. The average molecular weight is 313 g/mol. The van der Waals surface area contributed by atoms with Crippen LogP contribution in [-0.2, 0) is 4.79 Å². The number of carbonyl (C=O) groups excluding carboxylic acids is 1. The molecule has 1 amide bonds. The van der Waals surface area contributed by atoms with Gasteiger partial charge in [0, 0.05) is 6.04 Å². The van der Waals surface area contributed by atoms with E-state index in [1.807, 2.05) is 0 Å². The zero-order chi connectivity index (χ0) is 13.1. The first-order valence-corrected chi connectivity index (χ1v) is 6.53. The number of pyridine rings is 1. The van der Waals surface area contributed by atoms with Crippen molar-refractivity contribution in [1.82, 2.24) is 10.3 Å². The summed E-state index contributed by atoms with van der Waals surface area (Å²) < 4.78 is 0.580. The summed E-state index contributed by atoms with van der Waals surface area (Å²) in [4.78, 5) is 27.0. The molecule has 96 valence electrons. The van der Waals surface area contributed by atoms with E-state index in [4.69, 9.17) is 5.11 Å². The zero-order valence-corrected chi connectivity index (χ0v) is 11.2. The summed E-state index contributed by atoms with van der Waals surface area (Å²) in [6.45, 7) is 0. The molecule has 0 saturated heterocycles. The van der Waals surface area contributed by atoms with Crippen molar-refractivity contribution < 1.29 is 14.7 Å². The Labute approximate surface area is 113 Å². The predicted molar refractivity (Wildman–Crippen MR) is 68.2 cm³/mol. The zero-order valence-electron chi connectivity index (χ0n) is 9.60. The molecule has 2 rings (SSSR count). The van der Waals surface area contributed by atoms with E-state index >= 15 is 0 Å². The second-order valence-corrected chi connectivity index (χ2v) is 5.11. The molecule has 6 heteroatoms. The highest BCUT2D eigenvalue weighted by Crippen LogP contribution is 2.26. The maximum absolute atomic E-state index is 11.9. The Kier molecular flexibility index (Phi) is 3.96. The monoisotopic (exact) mass is 312 g/mol. The van der Waals surface area contributed by atoms with Gasteiger partial charge in [-0.3, -0.25) is 9.59 Å². The van der Waals surface area contributed by atoms with Crippen molar-refractivity contribution in [2.75, 3.05) is 0 Å². The number of amides is 1. The number of hydrogen-bond donors (Lipinski definition) is 2. The standard InChI is InChI=1S/C12H13BrN2O3/c13-10-6-2-5-9(14-10)11(16)15-8-4-1-3-7(8)12(17)18/h2,5-8H,1,3-4H2,(H,15,16)(H,17,18). The van der Waals surface area contributed by atoms with Crippen molar-refractivity contribution in [1.29, 1.82) is 0 Å². The lowest BCUT2D eigenvalue weighted by molar-refractivity contribution is -0.142. The van der Waals surface area contributed by atoms with Gasteiger partial charge in [-0.05, 0) is 40.9 Å². The number of nitrogens with one attached hydrogen (secondary N) is 1. The van der Waals surface area contributed by atoms with Crippen LogP contribution in [0.1, 0.15) is 29.8 Å². The van der Waals surface area contributed by atoms with Gasteiger partial charge in [0.1, 0.15) is 10.3 Å². The minimum Gasteiger partial charge on any atom is -0.481 e. The number of aromatic nitrogens is 1. The second-order valence-electron chi connectivity index (χ2n) is 4.30. The number of aliphatic carboxylic acids is 1. The molecule has 1 fully saturated rings. The molecule has 0 radical (unpaired) electrons. The topological polar surface area (TPSA) is 79.3 Å². The average Bonchev–Trinajstić information content (AvgIpc) is 2.77. The number of rotatable bonds is 3. The number of carboxylic acid groups (broad SMARTS) is 1. The number of carboxylic acids is 1. The van der Waals surface area contributed by atoms with Gasteiger partial charge in [0.15, 0.2) is 0 Å². The number of nitrogens with zero attached hydrogens (tertiary/aromatic N) is 1. The second kappa shape index (κ2) is 5.48. The van der Waals surface area contributed by atoms with Crippen LogP contribution in [0.15, 0.2) is 22.8 Å². The molecular weight excluding hydrogens is 300 g/mol. The van der Waals surface area contributed by atoms with Gasteiger partial charge in [0.2, 0.25) is 0 Å². The Morgan fingerprint density at radius 2 is 2.17 bits per heavy atom. The molecule has 0 aliphatic heterocycles. The number of halogens is 1. The maximum atomic E-state index is 11.9. The molecule has 1 aromatic heterocycles. The quantitative estimate of drug-likeness (QED) is 0.834. The number of hydrogen-bond acceptors (Lipinski definition) is 3. The van der Waals surface area contributed by atoms with Crippen LogP contribution in [0.4, 0.5) is 0 Å². The molecule has 18 heavy (non-hydrogen) atoms. The largest absolute Gasteiger partial charge is 0.481 e. The van der Waals surface area contributed by atoms with E-state index in [-0.39, 0.29) is 11.9 Å². The van der Waals surface area contributed by atoms with E-state index in [9.17, 15) is 9.59 Å². The molecule has 2 unspecified atom stereocenters. The summed E-state index contributed by atoms with van der Waals surface area (Å²) in [6.07, 6.45) is 2.15. The summed E-state index contributed by atoms with van der Waals surface area (Å²) in [5.41, 5.74) is 0.292. The van der Waals surface area contributed by atoms with Crippen LogP contribution in [0, 0.1) is 5.92 Å². The smallest absolute Gasteiger partial charge is 0.308 e. The lowest BCUT2D eigenvalue weighted by Crippen LogP contribution is -2.40. The lowest BCUT2D eigenvalue weighted by Gasteiger charge is -2.17. The first kappa shape index (κ1) is 13.0. The minimum atomic E-state index is -0.847. The van der Waals surface area contributed by atoms with E-state index < -0.39 is 11.9 Å². The van der Waals surface area contributed by atoms with Gasteiger partial charge < -0.3 is 10.4 Å². The SMILES string of the molecule is O=C(NC1CCCC1C(=O)O)c1cccc(Br)n1. The van der Waals surface area contributed by atoms with Crippen LogP contribution in [0.3, 0.4) is 0 Å². The highest BCUT2D eigenvalue weighted by atomic mass is 79.9. The summed E-state index contributed by atoms with van der Waals surface area (Å²) in [6, 6.07) is 4.75. The van der Waals surface area contributed by atoms with Crippen LogP contribution in [-0.4, -0.2) is 28.0 Å². The van der Waals surface area contributed by atoms with Crippen LogP contribution >= 0.6 is 15.9 Å². The summed E-state index contributed by atoms with van der Waals surface area (Å²) in [5.74, 6) is -1.66.